The van der Waals surface area contributed by atoms with E-state index in [1.807, 2.05) is 6.92 Å². The molecule has 0 bridgehead atoms. The Morgan fingerprint density at radius 2 is 2.06 bits per heavy atom. The number of ether oxygens (including phenoxy) is 1. The molecule has 0 unspecified atom stereocenters. The molecule has 0 spiro atoms. The summed E-state index contributed by atoms with van der Waals surface area (Å²) in [5, 5.41) is 9.23. The van der Waals surface area contributed by atoms with Crippen LogP contribution in [0.3, 0.4) is 0 Å². The number of hydrogen-bond donors (Lipinski definition) is 1. The Labute approximate surface area is 104 Å². The molecular formula is C12H13ClO4. The lowest BCUT2D eigenvalue weighted by Gasteiger charge is -2.07. The van der Waals surface area contributed by atoms with Gasteiger partial charge >= 0.3 is 11.9 Å². The Morgan fingerprint density at radius 3 is 2.65 bits per heavy atom. The van der Waals surface area contributed by atoms with E-state index < -0.39 is 11.9 Å². The third kappa shape index (κ3) is 3.75. The van der Waals surface area contributed by atoms with Gasteiger partial charge in [-0.15, -0.1) is 0 Å². The SMILES string of the molecule is CCCCOC(=O)c1cc(Cl)ccc1C(=O)O. The number of carbonyl (C=O) groups is 2. The zero-order chi connectivity index (χ0) is 12.8. The average Bonchev–Trinajstić information content (AvgIpc) is 2.28. The maximum absolute atomic E-state index is 11.7. The molecule has 0 fully saturated rings. The number of carbonyl (C=O) groups excluding carboxylic acids is 1. The first-order valence-corrected chi connectivity index (χ1v) is 5.64. The zero-order valence-electron chi connectivity index (χ0n) is 9.40. The molecule has 1 rings (SSSR count). The van der Waals surface area contributed by atoms with Crippen LogP contribution in [0.2, 0.25) is 5.02 Å². The van der Waals surface area contributed by atoms with Crippen LogP contribution in [0.15, 0.2) is 18.2 Å². The Bertz CT molecular complexity index is 429. The van der Waals surface area contributed by atoms with Crippen LogP contribution in [-0.2, 0) is 4.74 Å². The van der Waals surface area contributed by atoms with Gasteiger partial charge in [-0.3, -0.25) is 0 Å². The van der Waals surface area contributed by atoms with Gasteiger partial charge in [0.1, 0.15) is 0 Å². The zero-order valence-corrected chi connectivity index (χ0v) is 10.2. The van der Waals surface area contributed by atoms with Crippen molar-refractivity contribution in [2.75, 3.05) is 6.61 Å². The first-order chi connectivity index (χ1) is 8.06. The number of aromatic carboxylic acids is 1. The number of esters is 1. The van der Waals surface area contributed by atoms with E-state index in [0.717, 1.165) is 12.8 Å². The van der Waals surface area contributed by atoms with Gasteiger partial charge in [-0.25, -0.2) is 9.59 Å². The number of unbranched alkanes of at least 4 members (excludes halogenated alkanes) is 1. The molecule has 0 heterocycles. The maximum Gasteiger partial charge on any atom is 0.339 e. The molecule has 4 nitrogen and oxygen atoms in total. The van der Waals surface area contributed by atoms with Crippen molar-refractivity contribution in [3.8, 4) is 0 Å². The highest BCUT2D eigenvalue weighted by Gasteiger charge is 2.17. The Morgan fingerprint density at radius 1 is 1.35 bits per heavy atom. The normalized spacial score (nSPS) is 10.0. The van der Waals surface area contributed by atoms with Gasteiger partial charge in [0, 0.05) is 5.02 Å². The minimum atomic E-state index is -1.18. The Hall–Kier alpha value is -1.55. The van der Waals surface area contributed by atoms with Crippen LogP contribution in [0.25, 0.3) is 0 Å². The van der Waals surface area contributed by atoms with Crippen molar-refractivity contribution in [3.63, 3.8) is 0 Å². The van der Waals surface area contributed by atoms with E-state index in [1.165, 1.54) is 18.2 Å². The minimum absolute atomic E-state index is 0.0129. The summed E-state index contributed by atoms with van der Waals surface area (Å²) in [6.07, 6.45) is 1.64. The summed E-state index contributed by atoms with van der Waals surface area (Å²) in [7, 11) is 0. The lowest BCUT2D eigenvalue weighted by molar-refractivity contribution is 0.0489. The van der Waals surface area contributed by atoms with Crippen LogP contribution < -0.4 is 0 Å². The van der Waals surface area contributed by atoms with Crippen molar-refractivity contribution in [3.05, 3.63) is 34.3 Å². The smallest absolute Gasteiger partial charge is 0.339 e. The van der Waals surface area contributed by atoms with Crippen LogP contribution in [0.1, 0.15) is 40.5 Å². The van der Waals surface area contributed by atoms with E-state index in [9.17, 15) is 9.59 Å². The van der Waals surface area contributed by atoms with Gasteiger partial charge in [0.15, 0.2) is 0 Å². The summed E-state index contributed by atoms with van der Waals surface area (Å²) >= 11 is 5.73. The van der Waals surface area contributed by atoms with Gasteiger partial charge < -0.3 is 9.84 Å². The predicted octanol–water partition coefficient (Wildman–Crippen LogP) is 3.00. The molecule has 0 aliphatic carbocycles. The molecule has 0 aromatic heterocycles. The van der Waals surface area contributed by atoms with Gasteiger partial charge in [0.05, 0.1) is 17.7 Å². The number of carboxylic acids is 1. The fourth-order valence-corrected chi connectivity index (χ4v) is 1.43. The second-order valence-electron chi connectivity index (χ2n) is 3.48. The highest BCUT2D eigenvalue weighted by atomic mass is 35.5. The molecule has 0 radical (unpaired) electrons. The number of hydrogen-bond acceptors (Lipinski definition) is 3. The molecule has 0 saturated heterocycles. The monoisotopic (exact) mass is 256 g/mol. The Balaban J connectivity index is 2.90. The minimum Gasteiger partial charge on any atom is -0.478 e. The third-order valence-corrected chi connectivity index (χ3v) is 2.40. The topological polar surface area (TPSA) is 63.6 Å². The van der Waals surface area contributed by atoms with Crippen LogP contribution in [0.5, 0.6) is 0 Å². The summed E-state index contributed by atoms with van der Waals surface area (Å²) in [5.74, 6) is -1.83. The van der Waals surface area contributed by atoms with E-state index in [-0.39, 0.29) is 17.7 Å². The highest BCUT2D eigenvalue weighted by Crippen LogP contribution is 2.17. The van der Waals surface area contributed by atoms with Crippen molar-refractivity contribution < 1.29 is 19.4 Å². The maximum atomic E-state index is 11.7. The summed E-state index contributed by atoms with van der Waals surface area (Å²) in [5.41, 5.74) is -0.114. The van der Waals surface area contributed by atoms with Gasteiger partial charge in [-0.2, -0.15) is 0 Å². The Kier molecular flexibility index (Phi) is 4.97. The first kappa shape index (κ1) is 13.5. The number of rotatable bonds is 5. The van der Waals surface area contributed by atoms with Gasteiger partial charge in [-0.1, -0.05) is 24.9 Å². The highest BCUT2D eigenvalue weighted by molar-refractivity contribution is 6.31. The second-order valence-corrected chi connectivity index (χ2v) is 3.92. The van der Waals surface area contributed by atoms with Crippen molar-refractivity contribution in [2.45, 2.75) is 19.8 Å². The van der Waals surface area contributed by atoms with Crippen LogP contribution in [0, 0.1) is 0 Å². The summed E-state index contributed by atoms with van der Waals surface area (Å²) in [6, 6.07) is 4.02. The lowest BCUT2D eigenvalue weighted by Crippen LogP contribution is -2.12. The van der Waals surface area contributed by atoms with Gasteiger partial charge in [-0.05, 0) is 24.6 Å². The van der Waals surface area contributed by atoms with Gasteiger partial charge in [0.2, 0.25) is 0 Å². The summed E-state index contributed by atoms with van der Waals surface area (Å²) < 4.78 is 4.95. The van der Waals surface area contributed by atoms with Crippen LogP contribution >= 0.6 is 11.6 Å². The second kappa shape index (κ2) is 6.25. The predicted molar refractivity (Wildman–Crippen MR) is 63.6 cm³/mol. The molecule has 5 heteroatoms. The lowest BCUT2D eigenvalue weighted by atomic mass is 10.1. The molecule has 1 aromatic rings. The molecule has 0 saturated carbocycles. The van der Waals surface area contributed by atoms with E-state index in [4.69, 9.17) is 21.4 Å². The molecule has 0 amide bonds. The van der Waals surface area contributed by atoms with Gasteiger partial charge in [0.25, 0.3) is 0 Å². The molecule has 17 heavy (non-hydrogen) atoms. The number of benzene rings is 1. The largest absolute Gasteiger partial charge is 0.478 e. The van der Waals surface area contributed by atoms with E-state index >= 15 is 0 Å². The van der Waals surface area contributed by atoms with E-state index in [0.29, 0.717) is 5.02 Å². The van der Waals surface area contributed by atoms with Crippen molar-refractivity contribution in [2.24, 2.45) is 0 Å². The fourth-order valence-electron chi connectivity index (χ4n) is 1.26. The molecule has 1 aromatic carbocycles. The molecule has 92 valence electrons. The number of carboxylic acid groups (broad SMARTS) is 1. The fraction of sp³-hybridized carbons (Fsp3) is 0.333. The van der Waals surface area contributed by atoms with Crippen LogP contribution in [-0.4, -0.2) is 23.7 Å². The van der Waals surface area contributed by atoms with E-state index in [1.54, 1.807) is 0 Å². The molecule has 0 aliphatic rings. The third-order valence-electron chi connectivity index (χ3n) is 2.16. The first-order valence-electron chi connectivity index (χ1n) is 5.26. The summed E-state index contributed by atoms with van der Waals surface area (Å²) in [6.45, 7) is 2.25. The van der Waals surface area contributed by atoms with Crippen molar-refractivity contribution >= 4 is 23.5 Å². The summed E-state index contributed by atoms with van der Waals surface area (Å²) in [4.78, 5) is 22.6. The quantitative estimate of drug-likeness (QED) is 0.650. The molecule has 0 aliphatic heterocycles. The molecular weight excluding hydrogens is 244 g/mol. The average molecular weight is 257 g/mol. The van der Waals surface area contributed by atoms with Crippen molar-refractivity contribution in [1.82, 2.24) is 0 Å². The van der Waals surface area contributed by atoms with Crippen LogP contribution in [0.4, 0.5) is 0 Å². The molecule has 0 atom stereocenters. The standard InChI is InChI=1S/C12H13ClO4/c1-2-3-6-17-12(16)10-7-8(13)4-5-9(10)11(14)15/h4-5,7H,2-3,6H2,1H3,(H,14,15). The number of halogens is 1. The van der Waals surface area contributed by atoms with Crippen molar-refractivity contribution in [1.29, 1.82) is 0 Å². The van der Waals surface area contributed by atoms with E-state index in [2.05, 4.69) is 0 Å². The molecule has 1 N–H and O–H groups in total.